The molecule has 0 aliphatic carbocycles. The lowest BCUT2D eigenvalue weighted by Crippen LogP contribution is -2.60. The number of amides is 7. The van der Waals surface area contributed by atoms with E-state index in [2.05, 4.69) is 26.6 Å². The van der Waals surface area contributed by atoms with E-state index in [1.807, 2.05) is 5.32 Å². The lowest BCUT2D eigenvalue weighted by molar-refractivity contribution is -0.145. The Morgan fingerprint density at radius 1 is 0.545 bits per heavy atom. The third kappa shape index (κ3) is 19.5. The molecule has 0 heterocycles. The highest BCUT2D eigenvalue weighted by Crippen LogP contribution is 2.10. The summed E-state index contributed by atoms with van der Waals surface area (Å²) in [6.07, 6.45) is -4.83. The second-order valence-corrected chi connectivity index (χ2v) is 13.6. The van der Waals surface area contributed by atoms with Gasteiger partial charge in [-0.15, -0.1) is 0 Å². The lowest BCUT2D eigenvalue weighted by Gasteiger charge is -2.28. The van der Waals surface area contributed by atoms with E-state index in [1.54, 1.807) is 27.7 Å². The summed E-state index contributed by atoms with van der Waals surface area (Å²) in [4.78, 5) is 125. The molecule has 0 aliphatic heterocycles. The van der Waals surface area contributed by atoms with Gasteiger partial charge in [-0.05, 0) is 38.0 Å². The highest BCUT2D eigenvalue weighted by molar-refractivity contribution is 5.99. The van der Waals surface area contributed by atoms with Gasteiger partial charge in [0.05, 0.1) is 25.6 Å². The summed E-state index contributed by atoms with van der Waals surface area (Å²) >= 11 is 0. The summed E-state index contributed by atoms with van der Waals surface area (Å²) in [5, 5.41) is 60.4. The van der Waals surface area contributed by atoms with Crippen LogP contribution in [0.3, 0.4) is 0 Å². The molecule has 0 rings (SSSR count). The summed E-state index contributed by atoms with van der Waals surface area (Å²) in [5.41, 5.74) is 10.7. The molecule has 15 N–H and O–H groups in total. The van der Waals surface area contributed by atoms with E-state index in [1.165, 1.54) is 0 Å². The minimum atomic E-state index is -1.98. The van der Waals surface area contributed by atoms with Crippen molar-refractivity contribution in [2.75, 3.05) is 6.61 Å². The number of rotatable bonds is 26. The first-order chi connectivity index (χ1) is 25.4. The Bertz CT molecular complexity index is 1410. The van der Waals surface area contributed by atoms with Crippen molar-refractivity contribution in [3.63, 3.8) is 0 Å². The average molecular weight is 791 g/mol. The first-order valence-corrected chi connectivity index (χ1v) is 17.2. The number of primary amides is 1. The second-order valence-electron chi connectivity index (χ2n) is 13.6. The molecule has 23 heteroatoms. The zero-order chi connectivity index (χ0) is 42.7. The quantitative estimate of drug-likeness (QED) is 0.0390. The van der Waals surface area contributed by atoms with Crippen molar-refractivity contribution in [3.05, 3.63) is 0 Å². The van der Waals surface area contributed by atoms with Crippen molar-refractivity contribution < 1.29 is 73.5 Å². The van der Waals surface area contributed by atoms with Gasteiger partial charge in [0, 0.05) is 6.42 Å². The normalized spacial score (nSPS) is 15.5. The number of aliphatic carboxylic acids is 3. The molecule has 23 nitrogen and oxygen atoms in total. The van der Waals surface area contributed by atoms with Gasteiger partial charge in [-0.2, -0.15) is 0 Å². The third-order valence-corrected chi connectivity index (χ3v) is 7.60. The molecule has 8 atom stereocenters. The van der Waals surface area contributed by atoms with Gasteiger partial charge < -0.3 is 68.9 Å². The van der Waals surface area contributed by atoms with Gasteiger partial charge in [-0.25, -0.2) is 4.79 Å². The van der Waals surface area contributed by atoms with Gasteiger partial charge in [0.2, 0.25) is 41.4 Å². The van der Waals surface area contributed by atoms with E-state index in [0.29, 0.717) is 0 Å². The van der Waals surface area contributed by atoms with Crippen LogP contribution >= 0.6 is 0 Å². The van der Waals surface area contributed by atoms with Crippen molar-refractivity contribution in [2.45, 2.75) is 122 Å². The molecule has 0 radical (unpaired) electrons. The molecule has 0 unspecified atom stereocenters. The van der Waals surface area contributed by atoms with Crippen molar-refractivity contribution in [1.82, 2.24) is 31.9 Å². The van der Waals surface area contributed by atoms with E-state index < -0.39 is 140 Å². The predicted octanol–water partition coefficient (Wildman–Crippen LogP) is -5.01. The third-order valence-electron chi connectivity index (χ3n) is 7.60. The Hall–Kier alpha value is -5.42. The van der Waals surface area contributed by atoms with Crippen molar-refractivity contribution in [3.8, 4) is 0 Å². The molecule has 0 bridgehead atoms. The number of carboxylic acid groups (broad SMARTS) is 3. The van der Waals surface area contributed by atoms with Crippen LogP contribution < -0.4 is 43.4 Å². The monoisotopic (exact) mass is 790 g/mol. The fourth-order valence-corrected chi connectivity index (χ4v) is 4.82. The van der Waals surface area contributed by atoms with E-state index in [4.69, 9.17) is 11.5 Å². The van der Waals surface area contributed by atoms with Gasteiger partial charge in [0.1, 0.15) is 36.3 Å². The molecule has 0 saturated heterocycles. The highest BCUT2D eigenvalue weighted by atomic mass is 16.4. The van der Waals surface area contributed by atoms with Crippen LogP contribution in [0.2, 0.25) is 0 Å². The molecule has 55 heavy (non-hydrogen) atoms. The Balaban J connectivity index is 6.40. The molecule has 0 aromatic rings. The van der Waals surface area contributed by atoms with E-state index in [-0.39, 0.29) is 24.7 Å². The smallest absolute Gasteiger partial charge is 0.328 e. The molecule has 0 fully saturated rings. The summed E-state index contributed by atoms with van der Waals surface area (Å²) in [6, 6.07) is -11.7. The zero-order valence-electron chi connectivity index (χ0n) is 31.2. The maximum atomic E-state index is 13.5. The van der Waals surface area contributed by atoms with E-state index in [9.17, 15) is 73.5 Å². The first kappa shape index (κ1) is 49.6. The van der Waals surface area contributed by atoms with Crippen LogP contribution in [0.5, 0.6) is 0 Å². The summed E-state index contributed by atoms with van der Waals surface area (Å²) in [5.74, 6) is -13.1. The topological polar surface area (TPSA) is 396 Å². The van der Waals surface area contributed by atoms with Crippen molar-refractivity contribution >= 4 is 59.3 Å². The summed E-state index contributed by atoms with van der Waals surface area (Å²) in [6.45, 7) is 6.95. The number of carbonyl (C=O) groups is 10. The van der Waals surface area contributed by atoms with Crippen molar-refractivity contribution in [1.29, 1.82) is 0 Å². The Labute approximate surface area is 316 Å². The van der Waals surface area contributed by atoms with Gasteiger partial charge in [-0.3, -0.25) is 43.2 Å². The minimum absolute atomic E-state index is 0.0216. The number of aliphatic hydroxyl groups is 2. The number of aliphatic hydroxyl groups excluding tert-OH is 2. The molecular formula is C32H54N8O15. The van der Waals surface area contributed by atoms with Gasteiger partial charge >= 0.3 is 17.9 Å². The number of nitrogens with one attached hydrogen (secondary N) is 6. The maximum Gasteiger partial charge on any atom is 0.328 e. The summed E-state index contributed by atoms with van der Waals surface area (Å²) < 4.78 is 0. The molecule has 0 aliphatic rings. The van der Waals surface area contributed by atoms with Crippen LogP contribution in [0.1, 0.15) is 73.1 Å². The molecule has 7 amide bonds. The largest absolute Gasteiger partial charge is 0.481 e. The van der Waals surface area contributed by atoms with Gasteiger partial charge in [0.25, 0.3) is 0 Å². The predicted molar refractivity (Wildman–Crippen MR) is 188 cm³/mol. The number of hydrogen-bond donors (Lipinski definition) is 13. The van der Waals surface area contributed by atoms with E-state index >= 15 is 0 Å². The van der Waals surface area contributed by atoms with E-state index in [0.717, 1.165) is 6.92 Å². The van der Waals surface area contributed by atoms with Crippen molar-refractivity contribution in [2.24, 2.45) is 23.3 Å². The average Bonchev–Trinajstić information content (AvgIpc) is 3.05. The lowest BCUT2D eigenvalue weighted by atomic mass is 10.0. The Morgan fingerprint density at radius 3 is 1.22 bits per heavy atom. The van der Waals surface area contributed by atoms with Crippen LogP contribution in [-0.4, -0.2) is 140 Å². The standard InChI is InChI=1S/C32H54N8O15/c1-13(2)8-18(36-26(48)16(33)12-41)29(51)38-21(11-24(46)47)31(53)39-20(10-23(44)45)30(52)37-19(9-14(3)4)28(50)35-17(6-7-22(34)43)27(49)40-25(15(5)42)32(54)55/h13-21,25,41-42H,6-12,33H2,1-5H3,(H2,34,43)(H,35,50)(H,36,48)(H,37,52)(H,38,51)(H,39,53)(H,40,49)(H,44,45)(H,46,47)(H,54,55)/t15-,16+,17+,18+,19+,20+,21+,25+/m1/s1. The first-order valence-electron chi connectivity index (χ1n) is 17.2. The molecule has 0 spiro atoms. The zero-order valence-corrected chi connectivity index (χ0v) is 31.2. The maximum absolute atomic E-state index is 13.5. The SMILES string of the molecule is CC(C)C[C@H](NC(=O)[C@H](CC(=O)O)NC(=O)[C@H](CC(=O)O)NC(=O)[C@H](CC(C)C)NC(=O)[C@@H](N)CO)C(=O)N[C@@H](CCC(N)=O)C(=O)N[C@H](C(=O)O)[C@@H](C)O. The number of hydrogen-bond acceptors (Lipinski definition) is 13. The fraction of sp³-hybridized carbons (Fsp3) is 0.688. The number of carboxylic acids is 3. The van der Waals surface area contributed by atoms with Crippen LogP contribution in [0, 0.1) is 11.8 Å². The molecule has 0 aromatic carbocycles. The second kappa shape index (κ2) is 24.1. The Kier molecular flexibility index (Phi) is 21.7. The van der Waals surface area contributed by atoms with Crippen LogP contribution in [0.15, 0.2) is 0 Å². The van der Waals surface area contributed by atoms with Crippen LogP contribution in [0.25, 0.3) is 0 Å². The molecule has 0 saturated carbocycles. The molecule has 0 aromatic heterocycles. The summed E-state index contributed by atoms with van der Waals surface area (Å²) in [7, 11) is 0. The minimum Gasteiger partial charge on any atom is -0.481 e. The fourth-order valence-electron chi connectivity index (χ4n) is 4.82. The highest BCUT2D eigenvalue weighted by Gasteiger charge is 2.36. The van der Waals surface area contributed by atoms with Gasteiger partial charge in [-0.1, -0.05) is 27.7 Å². The van der Waals surface area contributed by atoms with Crippen LogP contribution in [0.4, 0.5) is 0 Å². The number of nitrogens with two attached hydrogens (primary N) is 2. The number of carbonyl (C=O) groups excluding carboxylic acids is 7. The van der Waals surface area contributed by atoms with Crippen LogP contribution in [-0.2, 0) is 47.9 Å². The molecular weight excluding hydrogens is 736 g/mol. The Morgan fingerprint density at radius 2 is 0.891 bits per heavy atom. The molecule has 312 valence electrons. The van der Waals surface area contributed by atoms with Gasteiger partial charge in [0.15, 0.2) is 6.04 Å².